The number of aryl methyl sites for hydroxylation is 1. The van der Waals surface area contributed by atoms with Crippen LogP contribution in [0.1, 0.15) is 21.6 Å². The molecule has 8 heteroatoms. The summed E-state index contributed by atoms with van der Waals surface area (Å²) in [7, 11) is 1.72. The van der Waals surface area contributed by atoms with Gasteiger partial charge in [-0.1, -0.05) is 24.3 Å². The van der Waals surface area contributed by atoms with Gasteiger partial charge in [0.1, 0.15) is 5.69 Å². The highest BCUT2D eigenvalue weighted by Gasteiger charge is 2.20. The average Bonchev–Trinajstić information content (AvgIpc) is 2.86. The molecule has 0 aliphatic rings. The molecule has 8 nitrogen and oxygen atoms in total. The van der Waals surface area contributed by atoms with E-state index in [9.17, 15) is 19.7 Å². The molecule has 0 aliphatic heterocycles. The summed E-state index contributed by atoms with van der Waals surface area (Å²) in [5.74, 6) is -0.580. The van der Waals surface area contributed by atoms with Gasteiger partial charge in [-0.2, -0.15) is 0 Å². The minimum atomic E-state index is -0.580. The maximum absolute atomic E-state index is 12.8. The van der Waals surface area contributed by atoms with E-state index >= 15 is 0 Å². The normalized spacial score (nSPS) is 10.6. The molecular formula is C19H18N4O4. The predicted octanol–water partition coefficient (Wildman–Crippen LogP) is 2.95. The van der Waals surface area contributed by atoms with E-state index < -0.39 is 10.8 Å². The number of carbonyl (C=O) groups excluding carboxylic acids is 1. The predicted molar refractivity (Wildman–Crippen MR) is 102 cm³/mol. The average molecular weight is 366 g/mol. The fraction of sp³-hybridized carbons (Fsp3) is 0.158. The van der Waals surface area contributed by atoms with Crippen molar-refractivity contribution in [1.82, 2.24) is 9.36 Å². The number of carbonyl (C=O) groups is 1. The maximum Gasteiger partial charge on any atom is 0.295 e. The van der Waals surface area contributed by atoms with Gasteiger partial charge in [0.2, 0.25) is 0 Å². The molecule has 0 unspecified atom stereocenters. The van der Waals surface area contributed by atoms with Crippen molar-refractivity contribution in [2.75, 3.05) is 5.32 Å². The first-order chi connectivity index (χ1) is 12.8. The van der Waals surface area contributed by atoms with Gasteiger partial charge in [-0.05, 0) is 32.0 Å². The third kappa shape index (κ3) is 3.24. The van der Waals surface area contributed by atoms with Crippen LogP contribution < -0.4 is 10.9 Å². The number of para-hydroxylation sites is 1. The Bertz CT molecular complexity index is 1100. The smallest absolute Gasteiger partial charge is 0.295 e. The Morgan fingerprint density at radius 3 is 2.41 bits per heavy atom. The van der Waals surface area contributed by atoms with E-state index in [4.69, 9.17) is 0 Å². The lowest BCUT2D eigenvalue weighted by molar-refractivity contribution is -0.385. The largest absolute Gasteiger partial charge is 0.316 e. The Kier molecular flexibility index (Phi) is 4.64. The summed E-state index contributed by atoms with van der Waals surface area (Å²) in [5, 5.41) is 13.7. The van der Waals surface area contributed by atoms with E-state index in [-0.39, 0.29) is 22.5 Å². The SMILES string of the molecule is Cc1ccc(C(=O)Nc2c(C)n(C)n(-c3ccccc3)c2=O)cc1[N+](=O)[O-]. The minimum Gasteiger partial charge on any atom is -0.316 e. The summed E-state index contributed by atoms with van der Waals surface area (Å²) < 4.78 is 3.09. The van der Waals surface area contributed by atoms with Crippen molar-refractivity contribution in [3.8, 4) is 5.69 Å². The van der Waals surface area contributed by atoms with Crippen molar-refractivity contribution in [2.24, 2.45) is 7.05 Å². The number of nitrogens with zero attached hydrogens (tertiary/aromatic N) is 3. The topological polar surface area (TPSA) is 99.2 Å². The number of anilines is 1. The first-order valence-electron chi connectivity index (χ1n) is 8.21. The van der Waals surface area contributed by atoms with Crippen molar-refractivity contribution < 1.29 is 9.72 Å². The number of nitro groups is 1. The molecule has 1 heterocycles. The Balaban J connectivity index is 2.00. The summed E-state index contributed by atoms with van der Waals surface area (Å²) in [6.07, 6.45) is 0. The van der Waals surface area contributed by atoms with Crippen LogP contribution in [0.15, 0.2) is 53.3 Å². The van der Waals surface area contributed by atoms with Gasteiger partial charge in [-0.25, -0.2) is 4.68 Å². The van der Waals surface area contributed by atoms with Crippen LogP contribution in [0, 0.1) is 24.0 Å². The molecule has 0 bridgehead atoms. The lowest BCUT2D eigenvalue weighted by Crippen LogP contribution is -2.23. The van der Waals surface area contributed by atoms with Crippen molar-refractivity contribution in [3.05, 3.63) is 85.8 Å². The zero-order chi connectivity index (χ0) is 19.7. The van der Waals surface area contributed by atoms with Gasteiger partial charge in [0.25, 0.3) is 17.2 Å². The Morgan fingerprint density at radius 2 is 1.78 bits per heavy atom. The quantitative estimate of drug-likeness (QED) is 0.567. The van der Waals surface area contributed by atoms with E-state index in [1.165, 1.54) is 22.9 Å². The van der Waals surface area contributed by atoms with Crippen molar-refractivity contribution >= 4 is 17.3 Å². The van der Waals surface area contributed by atoms with Gasteiger partial charge in [0.05, 0.1) is 16.3 Å². The third-order valence-electron chi connectivity index (χ3n) is 4.46. The molecule has 0 aliphatic carbocycles. The van der Waals surface area contributed by atoms with Gasteiger partial charge in [0, 0.05) is 24.2 Å². The number of aromatic nitrogens is 2. The molecule has 0 atom stereocenters. The summed E-state index contributed by atoms with van der Waals surface area (Å²) in [5.41, 5.74) is 1.42. The van der Waals surface area contributed by atoms with Crippen molar-refractivity contribution in [1.29, 1.82) is 0 Å². The molecule has 0 spiro atoms. The monoisotopic (exact) mass is 366 g/mol. The first kappa shape index (κ1) is 18.1. The van der Waals surface area contributed by atoms with Crippen LogP contribution in [0.5, 0.6) is 0 Å². The highest BCUT2D eigenvalue weighted by molar-refractivity contribution is 6.05. The van der Waals surface area contributed by atoms with Gasteiger partial charge >= 0.3 is 0 Å². The van der Waals surface area contributed by atoms with Crippen LogP contribution in [0.4, 0.5) is 11.4 Å². The number of amides is 1. The van der Waals surface area contributed by atoms with Gasteiger partial charge in [-0.15, -0.1) is 0 Å². The molecule has 0 saturated carbocycles. The van der Waals surface area contributed by atoms with E-state index in [1.807, 2.05) is 18.2 Å². The fourth-order valence-electron chi connectivity index (χ4n) is 2.85. The molecular weight excluding hydrogens is 348 g/mol. The molecule has 0 saturated heterocycles. The maximum atomic E-state index is 12.8. The van der Waals surface area contributed by atoms with Crippen LogP contribution in [-0.4, -0.2) is 20.2 Å². The Morgan fingerprint density at radius 1 is 1.11 bits per heavy atom. The zero-order valence-electron chi connectivity index (χ0n) is 15.1. The van der Waals surface area contributed by atoms with Crippen LogP contribution >= 0.6 is 0 Å². The first-order valence-corrected chi connectivity index (χ1v) is 8.21. The zero-order valence-corrected chi connectivity index (χ0v) is 15.1. The molecule has 1 N–H and O–H groups in total. The summed E-state index contributed by atoms with van der Waals surface area (Å²) in [4.78, 5) is 35.9. The number of benzene rings is 2. The highest BCUT2D eigenvalue weighted by Crippen LogP contribution is 2.21. The molecule has 27 heavy (non-hydrogen) atoms. The molecule has 0 radical (unpaired) electrons. The third-order valence-corrected chi connectivity index (χ3v) is 4.46. The summed E-state index contributed by atoms with van der Waals surface area (Å²) in [6, 6.07) is 13.3. The highest BCUT2D eigenvalue weighted by atomic mass is 16.6. The van der Waals surface area contributed by atoms with E-state index in [0.717, 1.165) is 0 Å². The number of rotatable bonds is 4. The van der Waals surface area contributed by atoms with Crippen LogP contribution in [0.25, 0.3) is 5.69 Å². The molecule has 3 rings (SSSR count). The summed E-state index contributed by atoms with van der Waals surface area (Å²) in [6.45, 7) is 3.31. The second kappa shape index (κ2) is 6.91. The second-order valence-corrected chi connectivity index (χ2v) is 6.15. The molecule has 1 amide bonds. The minimum absolute atomic E-state index is 0.112. The fourth-order valence-corrected chi connectivity index (χ4v) is 2.85. The molecule has 138 valence electrons. The van der Waals surface area contributed by atoms with Crippen molar-refractivity contribution in [2.45, 2.75) is 13.8 Å². The van der Waals surface area contributed by atoms with E-state index in [0.29, 0.717) is 16.9 Å². The Labute approximate surface area is 154 Å². The second-order valence-electron chi connectivity index (χ2n) is 6.15. The lowest BCUT2D eigenvalue weighted by Gasteiger charge is -2.07. The van der Waals surface area contributed by atoms with Crippen LogP contribution in [0.3, 0.4) is 0 Å². The summed E-state index contributed by atoms with van der Waals surface area (Å²) >= 11 is 0. The van der Waals surface area contributed by atoms with E-state index in [2.05, 4.69) is 5.32 Å². The molecule has 3 aromatic rings. The number of nitrogens with one attached hydrogen (secondary N) is 1. The van der Waals surface area contributed by atoms with Crippen LogP contribution in [0.2, 0.25) is 0 Å². The molecule has 0 fully saturated rings. The molecule has 1 aromatic heterocycles. The van der Waals surface area contributed by atoms with Crippen molar-refractivity contribution in [3.63, 3.8) is 0 Å². The Hall–Kier alpha value is -3.68. The molecule has 2 aromatic carbocycles. The van der Waals surface area contributed by atoms with E-state index in [1.54, 1.807) is 37.7 Å². The number of hydrogen-bond donors (Lipinski definition) is 1. The van der Waals surface area contributed by atoms with Gasteiger partial charge < -0.3 is 5.32 Å². The van der Waals surface area contributed by atoms with Gasteiger partial charge in [-0.3, -0.25) is 24.4 Å². The number of nitro benzene ring substituents is 1. The number of hydrogen-bond acceptors (Lipinski definition) is 4. The van der Waals surface area contributed by atoms with Crippen LogP contribution in [-0.2, 0) is 7.05 Å². The van der Waals surface area contributed by atoms with Gasteiger partial charge in [0.15, 0.2) is 0 Å². The lowest BCUT2D eigenvalue weighted by atomic mass is 10.1. The standard InChI is InChI=1S/C19H18N4O4/c1-12-9-10-14(11-16(12)23(26)27)18(24)20-17-13(2)21(3)22(19(17)25)15-7-5-4-6-8-15/h4-11H,1-3H3,(H,20,24).